The second-order valence-corrected chi connectivity index (χ2v) is 3.14. The van der Waals surface area contributed by atoms with Gasteiger partial charge in [-0.1, -0.05) is 0 Å². The second kappa shape index (κ2) is 4.06. The molecule has 82 valence electrons. The van der Waals surface area contributed by atoms with Gasteiger partial charge in [0.1, 0.15) is 11.3 Å². The minimum Gasteiger partial charge on any atom is -0.496 e. The summed E-state index contributed by atoms with van der Waals surface area (Å²) in [5, 5.41) is 13.0. The Morgan fingerprint density at radius 2 is 2.31 bits per heavy atom. The van der Waals surface area contributed by atoms with Crippen LogP contribution in [0.3, 0.4) is 0 Å². The van der Waals surface area contributed by atoms with Crippen LogP contribution in [0.15, 0.2) is 36.7 Å². The van der Waals surface area contributed by atoms with Crippen molar-refractivity contribution in [2.75, 3.05) is 7.11 Å². The molecule has 5 heteroatoms. The van der Waals surface area contributed by atoms with Gasteiger partial charge in [0.25, 0.3) is 0 Å². The molecule has 0 aliphatic heterocycles. The molecule has 1 aromatic carbocycles. The average molecular weight is 218 g/mol. The largest absolute Gasteiger partial charge is 0.496 e. The third-order valence-electron chi connectivity index (χ3n) is 2.18. The van der Waals surface area contributed by atoms with E-state index in [0.717, 1.165) is 0 Å². The molecule has 0 amide bonds. The number of aromatic carboxylic acids is 1. The van der Waals surface area contributed by atoms with Gasteiger partial charge in [-0.2, -0.15) is 5.10 Å². The molecule has 1 N–H and O–H groups in total. The molecule has 5 nitrogen and oxygen atoms in total. The summed E-state index contributed by atoms with van der Waals surface area (Å²) in [4.78, 5) is 11.0. The van der Waals surface area contributed by atoms with Crippen molar-refractivity contribution in [2.45, 2.75) is 0 Å². The molecule has 0 saturated heterocycles. The van der Waals surface area contributed by atoms with E-state index < -0.39 is 5.97 Å². The highest BCUT2D eigenvalue weighted by Gasteiger charge is 2.12. The van der Waals surface area contributed by atoms with Crippen LogP contribution in [0.25, 0.3) is 5.69 Å². The molecule has 1 aromatic heterocycles. The van der Waals surface area contributed by atoms with Crippen LogP contribution in [0.4, 0.5) is 0 Å². The minimum atomic E-state index is -1.02. The number of methoxy groups -OCH3 is 1. The van der Waals surface area contributed by atoms with E-state index in [4.69, 9.17) is 9.84 Å². The smallest absolute Gasteiger partial charge is 0.339 e. The van der Waals surface area contributed by atoms with Gasteiger partial charge in [0, 0.05) is 12.4 Å². The first-order valence-corrected chi connectivity index (χ1v) is 4.63. The van der Waals surface area contributed by atoms with Crippen LogP contribution >= 0.6 is 0 Å². The van der Waals surface area contributed by atoms with Crippen LogP contribution in [0.2, 0.25) is 0 Å². The molecule has 0 atom stereocenters. The van der Waals surface area contributed by atoms with Crippen molar-refractivity contribution in [2.24, 2.45) is 0 Å². The highest BCUT2D eigenvalue weighted by molar-refractivity contribution is 5.91. The number of carboxylic acids is 1. The van der Waals surface area contributed by atoms with Gasteiger partial charge in [-0.25, -0.2) is 9.48 Å². The highest BCUT2D eigenvalue weighted by atomic mass is 16.5. The maximum absolute atomic E-state index is 11.0. The van der Waals surface area contributed by atoms with Gasteiger partial charge in [0.2, 0.25) is 0 Å². The summed E-state index contributed by atoms with van der Waals surface area (Å²) in [5.41, 5.74) is 0.804. The number of ether oxygens (including phenoxy) is 1. The fraction of sp³-hybridized carbons (Fsp3) is 0.0909. The van der Waals surface area contributed by atoms with Crippen molar-refractivity contribution in [1.29, 1.82) is 0 Å². The van der Waals surface area contributed by atoms with Gasteiger partial charge >= 0.3 is 5.97 Å². The number of aromatic nitrogens is 2. The Bertz CT molecular complexity index is 506. The summed E-state index contributed by atoms with van der Waals surface area (Å²) in [6, 6.07) is 6.65. The van der Waals surface area contributed by atoms with Crippen LogP contribution in [0.5, 0.6) is 5.75 Å². The van der Waals surface area contributed by atoms with Crippen molar-refractivity contribution in [3.8, 4) is 11.4 Å². The fourth-order valence-corrected chi connectivity index (χ4v) is 1.43. The molecule has 2 rings (SSSR count). The third-order valence-corrected chi connectivity index (χ3v) is 2.18. The Hall–Kier alpha value is -2.30. The Morgan fingerprint density at radius 1 is 1.50 bits per heavy atom. The SMILES string of the molecule is COc1ccc(-n2cccn2)cc1C(=O)O. The Labute approximate surface area is 91.9 Å². The van der Waals surface area contributed by atoms with Crippen LogP contribution < -0.4 is 4.74 Å². The lowest BCUT2D eigenvalue weighted by Crippen LogP contribution is -2.03. The molecule has 16 heavy (non-hydrogen) atoms. The molecule has 0 bridgehead atoms. The van der Waals surface area contributed by atoms with Crippen molar-refractivity contribution < 1.29 is 14.6 Å². The van der Waals surface area contributed by atoms with Gasteiger partial charge < -0.3 is 9.84 Å². The molecule has 1 heterocycles. The lowest BCUT2D eigenvalue weighted by Gasteiger charge is -2.07. The molecule has 0 aliphatic rings. The minimum absolute atomic E-state index is 0.121. The van der Waals surface area contributed by atoms with Crippen LogP contribution in [-0.2, 0) is 0 Å². The molecular formula is C11H10N2O3. The predicted octanol–water partition coefficient (Wildman–Crippen LogP) is 1.58. The van der Waals surface area contributed by atoms with Crippen molar-refractivity contribution >= 4 is 5.97 Å². The average Bonchev–Trinajstić information content (AvgIpc) is 2.81. The number of hydrogen-bond donors (Lipinski definition) is 1. The summed E-state index contributed by atoms with van der Waals surface area (Å²) in [5.74, 6) is -0.686. The summed E-state index contributed by atoms with van der Waals surface area (Å²) in [6.45, 7) is 0. The topological polar surface area (TPSA) is 64.4 Å². The van der Waals surface area contributed by atoms with Crippen molar-refractivity contribution in [3.63, 3.8) is 0 Å². The highest BCUT2D eigenvalue weighted by Crippen LogP contribution is 2.21. The van der Waals surface area contributed by atoms with Crippen molar-refractivity contribution in [1.82, 2.24) is 9.78 Å². The van der Waals surface area contributed by atoms with E-state index in [1.165, 1.54) is 13.2 Å². The predicted molar refractivity (Wildman–Crippen MR) is 57.1 cm³/mol. The van der Waals surface area contributed by atoms with Gasteiger partial charge in [-0.15, -0.1) is 0 Å². The lowest BCUT2D eigenvalue weighted by atomic mass is 10.2. The molecule has 0 spiro atoms. The number of hydrogen-bond acceptors (Lipinski definition) is 3. The molecule has 0 aliphatic carbocycles. The zero-order valence-electron chi connectivity index (χ0n) is 8.62. The summed E-state index contributed by atoms with van der Waals surface area (Å²) in [6.07, 6.45) is 3.37. The number of carbonyl (C=O) groups is 1. The zero-order valence-corrected chi connectivity index (χ0v) is 8.62. The first-order chi connectivity index (χ1) is 7.72. The molecular weight excluding hydrogens is 208 g/mol. The number of benzene rings is 1. The van der Waals surface area contributed by atoms with E-state index in [0.29, 0.717) is 11.4 Å². The van der Waals surface area contributed by atoms with E-state index in [1.54, 1.807) is 35.3 Å². The van der Waals surface area contributed by atoms with E-state index in [2.05, 4.69) is 5.10 Å². The van der Waals surface area contributed by atoms with Crippen molar-refractivity contribution in [3.05, 3.63) is 42.2 Å². The van der Waals surface area contributed by atoms with E-state index >= 15 is 0 Å². The second-order valence-electron chi connectivity index (χ2n) is 3.14. The summed E-state index contributed by atoms with van der Waals surface area (Å²) >= 11 is 0. The maximum Gasteiger partial charge on any atom is 0.339 e. The Kier molecular flexibility index (Phi) is 2.59. The summed E-state index contributed by atoms with van der Waals surface area (Å²) in [7, 11) is 1.44. The Balaban J connectivity index is 2.51. The fourth-order valence-electron chi connectivity index (χ4n) is 1.43. The van der Waals surface area contributed by atoms with E-state index in [9.17, 15) is 4.79 Å². The summed E-state index contributed by atoms with van der Waals surface area (Å²) < 4.78 is 6.56. The van der Waals surface area contributed by atoms with Gasteiger partial charge in [0.15, 0.2) is 0 Å². The number of rotatable bonds is 3. The number of nitrogens with zero attached hydrogens (tertiary/aromatic N) is 2. The first-order valence-electron chi connectivity index (χ1n) is 4.63. The Morgan fingerprint density at radius 3 is 2.88 bits per heavy atom. The molecule has 0 radical (unpaired) electrons. The standard InChI is InChI=1S/C11H10N2O3/c1-16-10-4-3-8(7-9(10)11(14)15)13-6-2-5-12-13/h2-7H,1H3,(H,14,15). The quantitative estimate of drug-likeness (QED) is 0.849. The number of carboxylic acid groups (broad SMARTS) is 1. The van der Waals surface area contributed by atoms with Crippen LogP contribution in [0.1, 0.15) is 10.4 Å². The van der Waals surface area contributed by atoms with E-state index in [-0.39, 0.29) is 5.56 Å². The molecule has 0 saturated carbocycles. The van der Waals surface area contributed by atoms with Gasteiger partial charge in [-0.3, -0.25) is 0 Å². The maximum atomic E-state index is 11.0. The molecule has 2 aromatic rings. The lowest BCUT2D eigenvalue weighted by molar-refractivity contribution is 0.0693. The van der Waals surface area contributed by atoms with Gasteiger partial charge in [0.05, 0.1) is 12.8 Å². The van der Waals surface area contributed by atoms with Crippen LogP contribution in [-0.4, -0.2) is 28.0 Å². The van der Waals surface area contributed by atoms with Crippen LogP contribution in [0, 0.1) is 0 Å². The monoisotopic (exact) mass is 218 g/mol. The van der Waals surface area contributed by atoms with E-state index in [1.807, 2.05) is 0 Å². The first kappa shape index (κ1) is 10.2. The molecule has 0 unspecified atom stereocenters. The molecule has 0 fully saturated rings. The normalized spacial score (nSPS) is 10.1. The zero-order chi connectivity index (χ0) is 11.5. The third kappa shape index (κ3) is 1.75. The van der Waals surface area contributed by atoms with Gasteiger partial charge in [-0.05, 0) is 24.3 Å².